The van der Waals surface area contributed by atoms with Crippen LogP contribution >= 0.6 is 15.9 Å². The van der Waals surface area contributed by atoms with E-state index >= 15 is 0 Å². The SMILES string of the molecule is CCN(c1ncc(N)cc1Br)c1cccc2ccccc12. The average molecular weight is 342 g/mol. The number of anilines is 3. The van der Waals surface area contributed by atoms with E-state index in [9.17, 15) is 0 Å². The van der Waals surface area contributed by atoms with E-state index in [4.69, 9.17) is 5.73 Å². The summed E-state index contributed by atoms with van der Waals surface area (Å²) in [5.41, 5.74) is 7.59. The van der Waals surface area contributed by atoms with E-state index in [1.807, 2.05) is 6.07 Å². The van der Waals surface area contributed by atoms with Crippen molar-refractivity contribution in [2.75, 3.05) is 17.2 Å². The van der Waals surface area contributed by atoms with Crippen LogP contribution in [-0.4, -0.2) is 11.5 Å². The van der Waals surface area contributed by atoms with Crippen LogP contribution in [0.15, 0.2) is 59.2 Å². The smallest absolute Gasteiger partial charge is 0.147 e. The van der Waals surface area contributed by atoms with Gasteiger partial charge in [0.1, 0.15) is 5.82 Å². The third kappa shape index (κ3) is 2.59. The lowest BCUT2D eigenvalue weighted by Crippen LogP contribution is -2.18. The van der Waals surface area contributed by atoms with Crippen molar-refractivity contribution in [3.05, 3.63) is 59.2 Å². The maximum atomic E-state index is 5.79. The normalized spacial score (nSPS) is 10.8. The lowest BCUT2D eigenvalue weighted by Gasteiger charge is -2.25. The molecule has 2 N–H and O–H groups in total. The summed E-state index contributed by atoms with van der Waals surface area (Å²) in [6.07, 6.45) is 1.69. The van der Waals surface area contributed by atoms with Gasteiger partial charge >= 0.3 is 0 Å². The number of pyridine rings is 1. The standard InChI is InChI=1S/C17H16BrN3/c1-2-21(17-15(18)10-13(19)11-20-17)16-9-5-7-12-6-3-4-8-14(12)16/h3-11H,2,19H2,1H3. The van der Waals surface area contributed by atoms with Crippen molar-refractivity contribution in [1.29, 1.82) is 0 Å². The van der Waals surface area contributed by atoms with Gasteiger partial charge in [0.2, 0.25) is 0 Å². The van der Waals surface area contributed by atoms with Crippen LogP contribution in [0.4, 0.5) is 17.2 Å². The average Bonchev–Trinajstić information content (AvgIpc) is 2.50. The van der Waals surface area contributed by atoms with Gasteiger partial charge in [-0.2, -0.15) is 0 Å². The number of halogens is 1. The minimum atomic E-state index is 0.652. The third-order valence-electron chi connectivity index (χ3n) is 3.47. The Morgan fingerprint density at radius 2 is 1.90 bits per heavy atom. The second-order valence-corrected chi connectivity index (χ2v) is 5.67. The van der Waals surface area contributed by atoms with E-state index in [1.54, 1.807) is 6.20 Å². The maximum Gasteiger partial charge on any atom is 0.147 e. The fraction of sp³-hybridized carbons (Fsp3) is 0.118. The van der Waals surface area contributed by atoms with Gasteiger partial charge in [0, 0.05) is 11.9 Å². The summed E-state index contributed by atoms with van der Waals surface area (Å²) in [7, 11) is 0. The number of fused-ring (bicyclic) bond motifs is 1. The Hall–Kier alpha value is -2.07. The van der Waals surface area contributed by atoms with Crippen molar-refractivity contribution in [3.8, 4) is 0 Å². The van der Waals surface area contributed by atoms with Gasteiger partial charge in [-0.05, 0) is 40.4 Å². The van der Waals surface area contributed by atoms with E-state index < -0.39 is 0 Å². The van der Waals surface area contributed by atoms with Crippen molar-refractivity contribution < 1.29 is 0 Å². The Bertz CT molecular complexity index is 781. The molecule has 0 aliphatic heterocycles. The molecule has 3 rings (SSSR count). The molecule has 21 heavy (non-hydrogen) atoms. The summed E-state index contributed by atoms with van der Waals surface area (Å²) in [5.74, 6) is 0.878. The molecule has 2 aromatic carbocycles. The van der Waals surface area contributed by atoms with Crippen LogP contribution in [-0.2, 0) is 0 Å². The second kappa shape index (κ2) is 5.74. The predicted octanol–water partition coefficient (Wildman–Crippen LogP) is 4.74. The molecule has 4 heteroatoms. The number of hydrogen-bond donors (Lipinski definition) is 1. The summed E-state index contributed by atoms with van der Waals surface area (Å²) < 4.78 is 0.900. The Labute approximate surface area is 132 Å². The van der Waals surface area contributed by atoms with Crippen LogP contribution < -0.4 is 10.6 Å². The minimum absolute atomic E-state index is 0.652. The van der Waals surface area contributed by atoms with Crippen molar-refractivity contribution >= 4 is 43.9 Å². The molecule has 0 unspecified atom stereocenters. The Morgan fingerprint density at radius 3 is 2.67 bits per heavy atom. The summed E-state index contributed by atoms with van der Waals surface area (Å²) in [6.45, 7) is 2.94. The van der Waals surface area contributed by atoms with Crippen LogP contribution in [0.2, 0.25) is 0 Å². The number of nitrogens with two attached hydrogens (primary N) is 1. The van der Waals surface area contributed by atoms with E-state index in [0.717, 1.165) is 22.5 Å². The number of benzene rings is 2. The highest BCUT2D eigenvalue weighted by molar-refractivity contribution is 9.10. The predicted molar refractivity (Wildman–Crippen MR) is 93.0 cm³/mol. The molecule has 0 aliphatic rings. The zero-order valence-corrected chi connectivity index (χ0v) is 13.3. The molecule has 0 amide bonds. The van der Waals surface area contributed by atoms with Crippen LogP contribution in [0.1, 0.15) is 6.92 Å². The molecule has 0 saturated carbocycles. The third-order valence-corrected chi connectivity index (χ3v) is 4.06. The maximum absolute atomic E-state index is 5.79. The lowest BCUT2D eigenvalue weighted by atomic mass is 10.1. The van der Waals surface area contributed by atoms with Gasteiger partial charge in [0.15, 0.2) is 0 Å². The van der Waals surface area contributed by atoms with E-state index in [1.165, 1.54) is 10.8 Å². The van der Waals surface area contributed by atoms with E-state index in [2.05, 4.69) is 75.2 Å². The molecule has 3 nitrogen and oxygen atoms in total. The molecular formula is C17H16BrN3. The first-order valence-corrected chi connectivity index (χ1v) is 7.66. The molecule has 1 heterocycles. The summed E-state index contributed by atoms with van der Waals surface area (Å²) in [4.78, 5) is 6.67. The first-order chi connectivity index (χ1) is 10.2. The van der Waals surface area contributed by atoms with Gasteiger partial charge in [-0.1, -0.05) is 36.4 Å². The zero-order chi connectivity index (χ0) is 14.8. The Kier molecular flexibility index (Phi) is 3.80. The Morgan fingerprint density at radius 1 is 1.14 bits per heavy atom. The van der Waals surface area contributed by atoms with E-state index in [-0.39, 0.29) is 0 Å². The van der Waals surface area contributed by atoms with Crippen LogP contribution in [0.3, 0.4) is 0 Å². The van der Waals surface area contributed by atoms with Gasteiger partial charge in [-0.25, -0.2) is 4.98 Å². The van der Waals surface area contributed by atoms with E-state index in [0.29, 0.717) is 5.69 Å². The molecule has 1 aromatic heterocycles. The first-order valence-electron chi connectivity index (χ1n) is 6.87. The van der Waals surface area contributed by atoms with Gasteiger partial charge in [0.05, 0.1) is 22.0 Å². The van der Waals surface area contributed by atoms with Gasteiger partial charge in [-0.3, -0.25) is 0 Å². The van der Waals surface area contributed by atoms with Gasteiger partial charge < -0.3 is 10.6 Å². The Balaban J connectivity index is 2.18. The van der Waals surface area contributed by atoms with Crippen LogP contribution in [0.25, 0.3) is 10.8 Å². The van der Waals surface area contributed by atoms with Gasteiger partial charge in [0.25, 0.3) is 0 Å². The number of hydrogen-bond acceptors (Lipinski definition) is 3. The summed E-state index contributed by atoms with van der Waals surface area (Å²) in [6, 6.07) is 16.6. The van der Waals surface area contributed by atoms with Crippen molar-refractivity contribution in [2.24, 2.45) is 0 Å². The molecule has 106 valence electrons. The number of rotatable bonds is 3. The number of nitrogens with zero attached hydrogens (tertiary/aromatic N) is 2. The molecule has 0 spiro atoms. The fourth-order valence-corrected chi connectivity index (χ4v) is 3.10. The molecule has 0 atom stereocenters. The fourth-order valence-electron chi connectivity index (χ4n) is 2.52. The lowest BCUT2D eigenvalue weighted by molar-refractivity contribution is 0.990. The monoisotopic (exact) mass is 341 g/mol. The molecule has 0 bridgehead atoms. The van der Waals surface area contributed by atoms with Crippen LogP contribution in [0, 0.1) is 0 Å². The molecule has 0 saturated heterocycles. The molecule has 0 radical (unpaired) electrons. The molecular weight excluding hydrogens is 326 g/mol. The van der Waals surface area contributed by atoms with Gasteiger partial charge in [-0.15, -0.1) is 0 Å². The largest absolute Gasteiger partial charge is 0.397 e. The highest BCUT2D eigenvalue weighted by Gasteiger charge is 2.14. The quantitative estimate of drug-likeness (QED) is 0.748. The number of aromatic nitrogens is 1. The van der Waals surface area contributed by atoms with Crippen molar-refractivity contribution in [2.45, 2.75) is 6.92 Å². The highest BCUT2D eigenvalue weighted by Crippen LogP contribution is 2.35. The van der Waals surface area contributed by atoms with Crippen molar-refractivity contribution in [3.63, 3.8) is 0 Å². The van der Waals surface area contributed by atoms with Crippen molar-refractivity contribution in [1.82, 2.24) is 4.98 Å². The number of nitrogen functional groups attached to an aromatic ring is 1. The first kappa shape index (κ1) is 13.9. The molecule has 0 aliphatic carbocycles. The summed E-state index contributed by atoms with van der Waals surface area (Å²) in [5, 5.41) is 2.44. The second-order valence-electron chi connectivity index (χ2n) is 4.82. The summed E-state index contributed by atoms with van der Waals surface area (Å²) >= 11 is 3.57. The van der Waals surface area contributed by atoms with Crippen LogP contribution in [0.5, 0.6) is 0 Å². The molecule has 0 fully saturated rings. The highest BCUT2D eigenvalue weighted by atomic mass is 79.9. The molecule has 3 aromatic rings. The zero-order valence-electron chi connectivity index (χ0n) is 11.8. The topological polar surface area (TPSA) is 42.2 Å². The minimum Gasteiger partial charge on any atom is -0.397 e.